The molecule has 1 aromatic carbocycles. The third kappa shape index (κ3) is 8.67. The standard InChI is InChI=1S/C20H32N4O4/c1-21-20(23-13-5-14-27-16-19-7-4-15-28-19)22-12-3-2-6-17-8-10-18(11-9-17)24(25)26/h8-11,19H,2-7,12-16H2,1H3,(H2,21,22,23). The molecule has 1 atom stereocenters. The van der Waals surface area contributed by atoms with E-state index in [0.717, 1.165) is 76.4 Å². The van der Waals surface area contributed by atoms with Crippen LogP contribution in [0.4, 0.5) is 5.69 Å². The van der Waals surface area contributed by atoms with Gasteiger partial charge in [0.25, 0.3) is 5.69 Å². The van der Waals surface area contributed by atoms with Gasteiger partial charge >= 0.3 is 0 Å². The zero-order chi connectivity index (χ0) is 20.0. The summed E-state index contributed by atoms with van der Waals surface area (Å²) in [5, 5.41) is 17.2. The zero-order valence-electron chi connectivity index (χ0n) is 16.7. The third-order valence-corrected chi connectivity index (χ3v) is 4.64. The van der Waals surface area contributed by atoms with Crippen LogP contribution in [0.2, 0.25) is 0 Å². The summed E-state index contributed by atoms with van der Waals surface area (Å²) >= 11 is 0. The zero-order valence-corrected chi connectivity index (χ0v) is 16.7. The van der Waals surface area contributed by atoms with Crippen molar-refractivity contribution < 1.29 is 14.4 Å². The first kappa shape index (κ1) is 22.1. The van der Waals surface area contributed by atoms with E-state index < -0.39 is 0 Å². The van der Waals surface area contributed by atoms with E-state index in [0.29, 0.717) is 6.61 Å². The minimum Gasteiger partial charge on any atom is -0.379 e. The Morgan fingerprint density at radius 1 is 1.25 bits per heavy atom. The summed E-state index contributed by atoms with van der Waals surface area (Å²) < 4.78 is 11.2. The molecule has 1 fully saturated rings. The molecule has 1 unspecified atom stereocenters. The number of nitro benzene ring substituents is 1. The number of nitrogens with zero attached hydrogens (tertiary/aromatic N) is 2. The molecule has 2 rings (SSSR count). The van der Waals surface area contributed by atoms with Crippen molar-refractivity contribution in [3.05, 3.63) is 39.9 Å². The highest BCUT2D eigenvalue weighted by molar-refractivity contribution is 5.79. The van der Waals surface area contributed by atoms with Gasteiger partial charge in [-0.1, -0.05) is 12.1 Å². The van der Waals surface area contributed by atoms with Crippen LogP contribution in [-0.2, 0) is 15.9 Å². The van der Waals surface area contributed by atoms with Crippen molar-refractivity contribution in [2.24, 2.45) is 4.99 Å². The molecule has 28 heavy (non-hydrogen) atoms. The van der Waals surface area contributed by atoms with Crippen molar-refractivity contribution in [1.29, 1.82) is 0 Å². The number of ether oxygens (including phenoxy) is 2. The monoisotopic (exact) mass is 392 g/mol. The van der Waals surface area contributed by atoms with E-state index in [9.17, 15) is 10.1 Å². The summed E-state index contributed by atoms with van der Waals surface area (Å²) in [7, 11) is 1.76. The molecule has 8 heteroatoms. The van der Waals surface area contributed by atoms with Crippen LogP contribution in [0.15, 0.2) is 29.3 Å². The molecule has 8 nitrogen and oxygen atoms in total. The molecule has 1 aliphatic rings. The number of hydrogen-bond acceptors (Lipinski definition) is 5. The normalized spacial score (nSPS) is 16.9. The lowest BCUT2D eigenvalue weighted by Crippen LogP contribution is -2.38. The average Bonchev–Trinajstić information content (AvgIpc) is 3.22. The second-order valence-electron chi connectivity index (χ2n) is 6.87. The molecule has 0 saturated carbocycles. The highest BCUT2D eigenvalue weighted by Crippen LogP contribution is 2.13. The summed E-state index contributed by atoms with van der Waals surface area (Å²) in [5.41, 5.74) is 1.26. The second-order valence-corrected chi connectivity index (χ2v) is 6.87. The fourth-order valence-electron chi connectivity index (χ4n) is 3.04. The van der Waals surface area contributed by atoms with E-state index >= 15 is 0 Å². The number of nitrogens with one attached hydrogen (secondary N) is 2. The molecule has 2 N–H and O–H groups in total. The minimum absolute atomic E-state index is 0.137. The molecular weight excluding hydrogens is 360 g/mol. The molecule has 1 aliphatic heterocycles. The molecule has 0 aliphatic carbocycles. The molecule has 0 radical (unpaired) electrons. The van der Waals surface area contributed by atoms with Crippen molar-refractivity contribution >= 4 is 11.6 Å². The van der Waals surface area contributed by atoms with E-state index in [1.807, 2.05) is 12.1 Å². The smallest absolute Gasteiger partial charge is 0.269 e. The lowest BCUT2D eigenvalue weighted by molar-refractivity contribution is -0.384. The highest BCUT2D eigenvalue weighted by Gasteiger charge is 2.14. The Balaban J connectivity index is 1.47. The summed E-state index contributed by atoms with van der Waals surface area (Å²) in [4.78, 5) is 14.5. The van der Waals surface area contributed by atoms with Crippen LogP contribution in [0.5, 0.6) is 0 Å². The number of hydrogen-bond donors (Lipinski definition) is 2. The topological polar surface area (TPSA) is 98.0 Å². The van der Waals surface area contributed by atoms with Crippen molar-refractivity contribution in [3.63, 3.8) is 0 Å². The predicted molar refractivity (Wildman–Crippen MR) is 110 cm³/mol. The Morgan fingerprint density at radius 3 is 2.64 bits per heavy atom. The molecule has 0 bridgehead atoms. The van der Waals surface area contributed by atoms with E-state index in [-0.39, 0.29) is 16.7 Å². The Morgan fingerprint density at radius 2 is 2.00 bits per heavy atom. The average molecular weight is 393 g/mol. The van der Waals surface area contributed by atoms with Crippen LogP contribution in [0, 0.1) is 10.1 Å². The van der Waals surface area contributed by atoms with Gasteiger partial charge in [0.05, 0.1) is 17.6 Å². The number of nitro groups is 1. The molecule has 1 heterocycles. The van der Waals surface area contributed by atoms with Gasteiger partial charge in [-0.15, -0.1) is 0 Å². The maximum atomic E-state index is 10.7. The van der Waals surface area contributed by atoms with E-state index in [1.54, 1.807) is 19.2 Å². The lowest BCUT2D eigenvalue weighted by Gasteiger charge is -2.13. The van der Waals surface area contributed by atoms with Gasteiger partial charge in [-0.05, 0) is 44.1 Å². The lowest BCUT2D eigenvalue weighted by atomic mass is 10.1. The summed E-state index contributed by atoms with van der Waals surface area (Å²) in [5.74, 6) is 0.800. The van der Waals surface area contributed by atoms with Gasteiger partial charge in [-0.3, -0.25) is 15.1 Å². The molecule has 0 amide bonds. The maximum absolute atomic E-state index is 10.7. The summed E-state index contributed by atoms with van der Waals surface area (Å²) in [6.07, 6.45) is 6.39. The fourth-order valence-corrected chi connectivity index (χ4v) is 3.04. The molecule has 1 aromatic rings. The van der Waals surface area contributed by atoms with Crippen LogP contribution < -0.4 is 10.6 Å². The van der Waals surface area contributed by atoms with E-state index in [4.69, 9.17) is 9.47 Å². The molecular formula is C20H32N4O4. The first-order chi connectivity index (χ1) is 13.7. The van der Waals surface area contributed by atoms with Gasteiger partial charge in [-0.25, -0.2) is 0 Å². The van der Waals surface area contributed by atoms with E-state index in [1.165, 1.54) is 0 Å². The van der Waals surface area contributed by atoms with Crippen LogP contribution in [0.1, 0.15) is 37.7 Å². The van der Waals surface area contributed by atoms with Crippen LogP contribution in [-0.4, -0.2) is 56.9 Å². The maximum Gasteiger partial charge on any atom is 0.269 e. The molecule has 0 spiro atoms. The Bertz CT molecular complexity index is 601. The SMILES string of the molecule is CN=C(NCCCCc1ccc([N+](=O)[O-])cc1)NCCCOCC1CCCO1. The van der Waals surface area contributed by atoms with Crippen molar-refractivity contribution in [2.75, 3.05) is 40.0 Å². The van der Waals surface area contributed by atoms with Crippen molar-refractivity contribution in [3.8, 4) is 0 Å². The number of benzene rings is 1. The number of non-ortho nitro benzene ring substituents is 1. The van der Waals surface area contributed by atoms with Gasteiger partial charge in [0.1, 0.15) is 0 Å². The molecule has 1 saturated heterocycles. The van der Waals surface area contributed by atoms with Crippen molar-refractivity contribution in [2.45, 2.75) is 44.6 Å². The Kier molecular flexibility index (Phi) is 10.3. The third-order valence-electron chi connectivity index (χ3n) is 4.64. The molecule has 156 valence electrons. The van der Waals surface area contributed by atoms with Crippen LogP contribution >= 0.6 is 0 Å². The highest BCUT2D eigenvalue weighted by atomic mass is 16.6. The van der Waals surface area contributed by atoms with Crippen LogP contribution in [0.3, 0.4) is 0 Å². The van der Waals surface area contributed by atoms with Gasteiger partial charge in [0.15, 0.2) is 5.96 Å². The fraction of sp³-hybridized carbons (Fsp3) is 0.650. The summed E-state index contributed by atoms with van der Waals surface area (Å²) in [6.45, 7) is 3.93. The number of rotatable bonds is 12. The number of aliphatic imine (C=N–C) groups is 1. The predicted octanol–water partition coefficient (Wildman–Crippen LogP) is 2.67. The van der Waals surface area contributed by atoms with E-state index in [2.05, 4.69) is 15.6 Å². The number of guanidine groups is 1. The van der Waals surface area contributed by atoms with Crippen LogP contribution in [0.25, 0.3) is 0 Å². The Labute approximate surface area is 166 Å². The number of aryl methyl sites for hydroxylation is 1. The van der Waals surface area contributed by atoms with Crippen molar-refractivity contribution in [1.82, 2.24) is 10.6 Å². The summed E-state index contributed by atoms with van der Waals surface area (Å²) in [6, 6.07) is 6.77. The van der Waals surface area contributed by atoms with Gasteiger partial charge < -0.3 is 20.1 Å². The second kappa shape index (κ2) is 13.1. The largest absolute Gasteiger partial charge is 0.379 e. The first-order valence-corrected chi connectivity index (χ1v) is 10.1. The van der Waals surface area contributed by atoms with Gasteiger partial charge in [0, 0.05) is 45.5 Å². The van der Waals surface area contributed by atoms with Gasteiger partial charge in [0.2, 0.25) is 0 Å². The number of unbranched alkanes of at least 4 members (excludes halogenated alkanes) is 1. The van der Waals surface area contributed by atoms with Gasteiger partial charge in [-0.2, -0.15) is 0 Å². The Hall–Kier alpha value is -2.19. The minimum atomic E-state index is -0.373. The first-order valence-electron chi connectivity index (χ1n) is 10.1. The quantitative estimate of drug-likeness (QED) is 0.187. The molecule has 0 aromatic heterocycles.